The van der Waals surface area contributed by atoms with Gasteiger partial charge in [-0.2, -0.15) is 0 Å². The van der Waals surface area contributed by atoms with E-state index >= 15 is 0 Å². The lowest BCUT2D eigenvalue weighted by molar-refractivity contribution is -0.137. The molecule has 104 valence electrons. The third-order valence-electron chi connectivity index (χ3n) is 2.86. The van der Waals surface area contributed by atoms with Crippen LogP contribution in [0.1, 0.15) is 24.0 Å². The van der Waals surface area contributed by atoms with Crippen LogP contribution in [-0.4, -0.2) is 26.0 Å². The van der Waals surface area contributed by atoms with Crippen molar-refractivity contribution in [2.24, 2.45) is 0 Å². The van der Waals surface area contributed by atoms with Crippen molar-refractivity contribution in [3.05, 3.63) is 29.3 Å². The summed E-state index contributed by atoms with van der Waals surface area (Å²) in [4.78, 5) is 10.5. The molecule has 0 radical (unpaired) electrons. The van der Waals surface area contributed by atoms with Gasteiger partial charge in [0, 0.05) is 13.0 Å². The van der Waals surface area contributed by atoms with E-state index in [1.165, 1.54) is 6.07 Å². The molecule has 1 aliphatic heterocycles. The molecule has 7 heteroatoms. The van der Waals surface area contributed by atoms with Crippen molar-refractivity contribution in [3.63, 3.8) is 0 Å². The lowest BCUT2D eigenvalue weighted by atomic mass is 10.1. The summed E-state index contributed by atoms with van der Waals surface area (Å²) in [7, 11) is -3.58. The highest BCUT2D eigenvalue weighted by molar-refractivity contribution is 7.89. The topological polar surface area (TPSA) is 92.7 Å². The van der Waals surface area contributed by atoms with Crippen LogP contribution in [-0.2, 0) is 32.8 Å². The number of fused-ring (bicyclic) bond motifs is 1. The zero-order valence-corrected chi connectivity index (χ0v) is 11.1. The summed E-state index contributed by atoms with van der Waals surface area (Å²) < 4.78 is 31.6. The van der Waals surface area contributed by atoms with Gasteiger partial charge in [0.05, 0.1) is 18.1 Å². The first-order chi connectivity index (χ1) is 8.99. The highest BCUT2D eigenvalue weighted by Gasteiger charge is 2.18. The van der Waals surface area contributed by atoms with Crippen LogP contribution >= 0.6 is 0 Å². The molecule has 0 fully saturated rings. The number of aliphatic carboxylic acids is 1. The molecule has 0 bridgehead atoms. The maximum atomic E-state index is 12.0. The first kappa shape index (κ1) is 14.0. The molecule has 1 aromatic carbocycles. The average Bonchev–Trinajstić information content (AvgIpc) is 2.81. The highest BCUT2D eigenvalue weighted by atomic mass is 32.2. The molecule has 2 rings (SSSR count). The summed E-state index contributed by atoms with van der Waals surface area (Å²) in [6.07, 6.45) is 0.211. The first-order valence-electron chi connectivity index (χ1n) is 5.90. The molecular weight excluding hydrogens is 270 g/mol. The van der Waals surface area contributed by atoms with E-state index in [-0.39, 0.29) is 24.3 Å². The Morgan fingerprint density at radius 2 is 2.05 bits per heavy atom. The number of benzene rings is 1. The fourth-order valence-electron chi connectivity index (χ4n) is 1.85. The van der Waals surface area contributed by atoms with E-state index in [9.17, 15) is 13.2 Å². The van der Waals surface area contributed by atoms with Crippen LogP contribution < -0.4 is 4.72 Å². The molecule has 6 nitrogen and oxygen atoms in total. The average molecular weight is 285 g/mol. The normalized spacial score (nSPS) is 14.3. The Bertz CT molecular complexity index is 582. The second kappa shape index (κ2) is 5.68. The van der Waals surface area contributed by atoms with Crippen LogP contribution in [0.2, 0.25) is 0 Å². The smallest absolute Gasteiger partial charge is 0.303 e. The van der Waals surface area contributed by atoms with Gasteiger partial charge in [0.25, 0.3) is 0 Å². The molecule has 1 aliphatic rings. The van der Waals surface area contributed by atoms with Crippen LogP contribution in [0, 0.1) is 0 Å². The van der Waals surface area contributed by atoms with E-state index < -0.39 is 16.0 Å². The Balaban J connectivity index is 2.01. The molecule has 0 aliphatic carbocycles. The Labute approximate surface area is 111 Å². The van der Waals surface area contributed by atoms with Crippen molar-refractivity contribution in [2.45, 2.75) is 31.0 Å². The molecular formula is C12H15NO5S. The van der Waals surface area contributed by atoms with Crippen molar-refractivity contribution in [3.8, 4) is 0 Å². The first-order valence-corrected chi connectivity index (χ1v) is 7.38. The fraction of sp³-hybridized carbons (Fsp3) is 0.417. The van der Waals surface area contributed by atoms with Crippen molar-refractivity contribution >= 4 is 16.0 Å². The number of hydrogen-bond acceptors (Lipinski definition) is 4. The van der Waals surface area contributed by atoms with E-state index in [1.807, 2.05) is 0 Å². The Morgan fingerprint density at radius 3 is 2.79 bits per heavy atom. The van der Waals surface area contributed by atoms with Crippen molar-refractivity contribution < 1.29 is 23.1 Å². The third kappa shape index (κ3) is 3.52. The van der Waals surface area contributed by atoms with Crippen molar-refractivity contribution in [2.75, 3.05) is 6.54 Å². The minimum atomic E-state index is -3.58. The van der Waals surface area contributed by atoms with E-state index in [0.29, 0.717) is 13.2 Å². The SMILES string of the molecule is O=C(O)CCCNS(=O)(=O)c1ccc2c(c1)COC2. The molecule has 19 heavy (non-hydrogen) atoms. The number of sulfonamides is 1. The number of carboxylic acids is 1. The largest absolute Gasteiger partial charge is 0.481 e. The zero-order chi connectivity index (χ0) is 13.9. The predicted molar refractivity (Wildman–Crippen MR) is 67.0 cm³/mol. The maximum Gasteiger partial charge on any atom is 0.303 e. The third-order valence-corrected chi connectivity index (χ3v) is 4.32. The van der Waals surface area contributed by atoms with Gasteiger partial charge in [0.15, 0.2) is 0 Å². The van der Waals surface area contributed by atoms with Crippen molar-refractivity contribution in [1.82, 2.24) is 4.72 Å². The number of carboxylic acid groups (broad SMARTS) is 1. The van der Waals surface area contributed by atoms with Gasteiger partial charge in [-0.1, -0.05) is 6.07 Å². The molecule has 0 unspecified atom stereocenters. The molecule has 1 aromatic rings. The summed E-state index contributed by atoms with van der Waals surface area (Å²) in [6.45, 7) is 1.06. The Kier molecular flexibility index (Phi) is 4.18. The summed E-state index contributed by atoms with van der Waals surface area (Å²) in [6, 6.07) is 4.88. The molecule has 0 saturated heterocycles. The van der Waals surface area contributed by atoms with E-state index in [4.69, 9.17) is 9.84 Å². The molecule has 2 N–H and O–H groups in total. The van der Waals surface area contributed by atoms with Gasteiger partial charge < -0.3 is 9.84 Å². The van der Waals surface area contributed by atoms with Gasteiger partial charge in [0.2, 0.25) is 10.0 Å². The van der Waals surface area contributed by atoms with E-state index in [1.54, 1.807) is 12.1 Å². The van der Waals surface area contributed by atoms with Crippen LogP contribution in [0.4, 0.5) is 0 Å². The van der Waals surface area contributed by atoms with Gasteiger partial charge in [-0.3, -0.25) is 4.79 Å². The molecule has 0 atom stereocenters. The second-order valence-electron chi connectivity index (χ2n) is 4.32. The van der Waals surface area contributed by atoms with E-state index in [0.717, 1.165) is 11.1 Å². The molecule has 0 saturated carbocycles. The summed E-state index contributed by atoms with van der Waals surface area (Å²) in [5.41, 5.74) is 1.89. The molecule has 1 heterocycles. The van der Waals surface area contributed by atoms with Crippen LogP contribution in [0.3, 0.4) is 0 Å². The van der Waals surface area contributed by atoms with Gasteiger partial charge in [-0.15, -0.1) is 0 Å². The van der Waals surface area contributed by atoms with Gasteiger partial charge >= 0.3 is 5.97 Å². The highest BCUT2D eigenvalue weighted by Crippen LogP contribution is 2.22. The predicted octanol–water partition coefficient (Wildman–Crippen LogP) is 0.860. The standard InChI is InChI=1S/C12H15NO5S/c14-12(15)2-1-5-13-19(16,17)11-4-3-9-7-18-8-10(9)6-11/h3-4,6,13H,1-2,5,7-8H2,(H,14,15). The van der Waals surface area contributed by atoms with Gasteiger partial charge in [-0.25, -0.2) is 13.1 Å². The zero-order valence-electron chi connectivity index (χ0n) is 10.3. The lowest BCUT2D eigenvalue weighted by Crippen LogP contribution is -2.25. The van der Waals surface area contributed by atoms with Crippen molar-refractivity contribution in [1.29, 1.82) is 0 Å². The lowest BCUT2D eigenvalue weighted by Gasteiger charge is -2.07. The summed E-state index contributed by atoms with van der Waals surface area (Å²) in [5, 5.41) is 8.47. The van der Waals surface area contributed by atoms with Crippen LogP contribution in [0.25, 0.3) is 0 Å². The minimum absolute atomic E-state index is 0.0550. The molecule has 0 aromatic heterocycles. The fourth-order valence-corrected chi connectivity index (χ4v) is 2.97. The minimum Gasteiger partial charge on any atom is -0.481 e. The monoisotopic (exact) mass is 285 g/mol. The summed E-state index contributed by atoms with van der Waals surface area (Å²) >= 11 is 0. The maximum absolute atomic E-state index is 12.0. The van der Waals surface area contributed by atoms with E-state index in [2.05, 4.69) is 4.72 Å². The van der Waals surface area contributed by atoms with Gasteiger partial charge in [0.1, 0.15) is 0 Å². The molecule has 0 spiro atoms. The number of nitrogens with one attached hydrogen (secondary N) is 1. The summed E-state index contributed by atoms with van der Waals surface area (Å²) in [5.74, 6) is -0.936. The Morgan fingerprint density at radius 1 is 1.32 bits per heavy atom. The Hall–Kier alpha value is -1.44. The quantitative estimate of drug-likeness (QED) is 0.756. The number of ether oxygens (including phenoxy) is 1. The van der Waals surface area contributed by atoms with Gasteiger partial charge in [-0.05, 0) is 29.7 Å². The molecule has 0 amide bonds. The van der Waals surface area contributed by atoms with Crippen LogP contribution in [0.15, 0.2) is 23.1 Å². The second-order valence-corrected chi connectivity index (χ2v) is 6.09. The number of carbonyl (C=O) groups is 1. The number of rotatable bonds is 6. The number of hydrogen-bond donors (Lipinski definition) is 2. The van der Waals surface area contributed by atoms with Crippen LogP contribution in [0.5, 0.6) is 0 Å².